The molecule has 2 aromatic heterocycles. The SMILES string of the molecule is c1nnsc1CN1CCc2nnc(N3CCCC3)cc2C1. The fourth-order valence-corrected chi connectivity index (χ4v) is 3.62. The molecule has 4 rings (SSSR count). The highest BCUT2D eigenvalue weighted by Crippen LogP contribution is 2.24. The highest BCUT2D eigenvalue weighted by atomic mass is 32.1. The van der Waals surface area contributed by atoms with E-state index in [1.807, 2.05) is 6.20 Å². The topological polar surface area (TPSA) is 58.0 Å². The molecule has 0 aliphatic carbocycles. The van der Waals surface area contributed by atoms with Gasteiger partial charge < -0.3 is 4.90 Å². The largest absolute Gasteiger partial charge is 0.355 e. The lowest BCUT2D eigenvalue weighted by Gasteiger charge is -2.28. The number of nitrogens with zero attached hydrogens (tertiary/aromatic N) is 6. The molecule has 0 spiro atoms. The lowest BCUT2D eigenvalue weighted by molar-refractivity contribution is 0.244. The van der Waals surface area contributed by atoms with Crippen molar-refractivity contribution >= 4 is 17.4 Å². The summed E-state index contributed by atoms with van der Waals surface area (Å²) in [5.41, 5.74) is 2.49. The Morgan fingerprint density at radius 3 is 2.86 bits per heavy atom. The van der Waals surface area contributed by atoms with Gasteiger partial charge in [0, 0.05) is 39.1 Å². The number of aromatic nitrogens is 4. The van der Waals surface area contributed by atoms with Crippen LogP contribution in [0, 0.1) is 0 Å². The van der Waals surface area contributed by atoms with Crippen molar-refractivity contribution in [3.05, 3.63) is 28.4 Å². The zero-order valence-electron chi connectivity index (χ0n) is 11.9. The van der Waals surface area contributed by atoms with Gasteiger partial charge in [-0.2, -0.15) is 5.10 Å². The minimum atomic E-state index is 0.929. The Hall–Kier alpha value is -1.60. The third-order valence-corrected chi connectivity index (χ3v) is 4.87. The summed E-state index contributed by atoms with van der Waals surface area (Å²) in [6.45, 7) is 5.14. The summed E-state index contributed by atoms with van der Waals surface area (Å²) in [5, 5.41) is 12.8. The maximum absolute atomic E-state index is 4.45. The number of fused-ring (bicyclic) bond motifs is 1. The Bertz CT molecular complexity index is 608. The van der Waals surface area contributed by atoms with Gasteiger partial charge in [0.25, 0.3) is 0 Å². The molecule has 0 atom stereocenters. The van der Waals surface area contributed by atoms with Crippen molar-refractivity contribution in [2.75, 3.05) is 24.5 Å². The minimum Gasteiger partial charge on any atom is -0.355 e. The molecule has 1 fully saturated rings. The van der Waals surface area contributed by atoms with Crippen LogP contribution in [0.1, 0.15) is 29.0 Å². The highest BCUT2D eigenvalue weighted by Gasteiger charge is 2.21. The molecule has 6 nitrogen and oxygen atoms in total. The van der Waals surface area contributed by atoms with Gasteiger partial charge in [0.15, 0.2) is 5.82 Å². The van der Waals surface area contributed by atoms with Crippen LogP contribution in [0.5, 0.6) is 0 Å². The molecule has 7 heteroatoms. The fourth-order valence-electron chi connectivity index (χ4n) is 3.09. The average molecular weight is 302 g/mol. The Morgan fingerprint density at radius 2 is 2.05 bits per heavy atom. The van der Waals surface area contributed by atoms with Gasteiger partial charge in [-0.25, -0.2) is 0 Å². The predicted octanol–water partition coefficient (Wildman–Crippen LogP) is 1.49. The summed E-state index contributed by atoms with van der Waals surface area (Å²) in [5.74, 6) is 1.05. The number of anilines is 1. The Morgan fingerprint density at radius 1 is 1.14 bits per heavy atom. The minimum absolute atomic E-state index is 0.929. The van der Waals surface area contributed by atoms with Crippen molar-refractivity contribution in [2.45, 2.75) is 32.4 Å². The summed E-state index contributed by atoms with van der Waals surface area (Å²) in [6.07, 6.45) is 5.38. The molecular weight excluding hydrogens is 284 g/mol. The predicted molar refractivity (Wildman–Crippen MR) is 81.2 cm³/mol. The molecule has 0 bridgehead atoms. The Labute approximate surface area is 128 Å². The first-order chi connectivity index (χ1) is 10.4. The second-order valence-electron chi connectivity index (χ2n) is 5.71. The second-order valence-corrected chi connectivity index (χ2v) is 6.58. The summed E-state index contributed by atoms with van der Waals surface area (Å²) < 4.78 is 3.93. The summed E-state index contributed by atoms with van der Waals surface area (Å²) >= 11 is 1.48. The van der Waals surface area contributed by atoms with Gasteiger partial charge in [-0.1, -0.05) is 4.49 Å². The van der Waals surface area contributed by atoms with Gasteiger partial charge in [-0.15, -0.1) is 10.2 Å². The molecule has 2 aliphatic heterocycles. The van der Waals surface area contributed by atoms with Crippen LogP contribution in [0.4, 0.5) is 5.82 Å². The first-order valence-corrected chi connectivity index (χ1v) is 8.25. The molecule has 0 amide bonds. The molecule has 1 saturated heterocycles. The monoisotopic (exact) mass is 302 g/mol. The van der Waals surface area contributed by atoms with Crippen molar-refractivity contribution < 1.29 is 0 Å². The molecule has 4 heterocycles. The highest BCUT2D eigenvalue weighted by molar-refractivity contribution is 7.05. The van der Waals surface area contributed by atoms with E-state index in [9.17, 15) is 0 Å². The maximum atomic E-state index is 4.45. The normalized spacial score (nSPS) is 19.0. The lowest BCUT2D eigenvalue weighted by Crippen LogP contribution is -2.31. The maximum Gasteiger partial charge on any atom is 0.151 e. The molecule has 0 unspecified atom stereocenters. The average Bonchev–Trinajstić information content (AvgIpc) is 3.20. The Kier molecular flexibility index (Phi) is 3.52. The fraction of sp³-hybridized carbons (Fsp3) is 0.571. The van der Waals surface area contributed by atoms with Crippen molar-refractivity contribution in [1.29, 1.82) is 0 Å². The Balaban J connectivity index is 1.51. The van der Waals surface area contributed by atoms with E-state index in [0.29, 0.717) is 0 Å². The molecule has 0 radical (unpaired) electrons. The van der Waals surface area contributed by atoms with Crippen LogP contribution in [-0.2, 0) is 19.5 Å². The van der Waals surface area contributed by atoms with E-state index in [2.05, 4.69) is 35.7 Å². The van der Waals surface area contributed by atoms with E-state index >= 15 is 0 Å². The lowest BCUT2D eigenvalue weighted by atomic mass is 10.1. The third-order valence-electron chi connectivity index (χ3n) is 4.22. The number of hydrogen-bond donors (Lipinski definition) is 0. The van der Waals surface area contributed by atoms with Crippen LogP contribution in [0.15, 0.2) is 12.3 Å². The first-order valence-electron chi connectivity index (χ1n) is 7.47. The summed E-state index contributed by atoms with van der Waals surface area (Å²) in [6, 6.07) is 2.24. The molecule has 0 N–H and O–H groups in total. The van der Waals surface area contributed by atoms with Gasteiger partial charge >= 0.3 is 0 Å². The van der Waals surface area contributed by atoms with Crippen LogP contribution >= 0.6 is 11.5 Å². The smallest absolute Gasteiger partial charge is 0.151 e. The van der Waals surface area contributed by atoms with Gasteiger partial charge in [0.05, 0.1) is 16.8 Å². The second kappa shape index (κ2) is 5.65. The molecule has 2 aliphatic rings. The quantitative estimate of drug-likeness (QED) is 0.856. The van der Waals surface area contributed by atoms with Crippen molar-refractivity contribution in [3.63, 3.8) is 0 Å². The van der Waals surface area contributed by atoms with Crippen LogP contribution in [0.3, 0.4) is 0 Å². The molecule has 21 heavy (non-hydrogen) atoms. The zero-order valence-corrected chi connectivity index (χ0v) is 12.7. The first kappa shape index (κ1) is 13.1. The summed E-state index contributed by atoms with van der Waals surface area (Å²) in [7, 11) is 0. The van der Waals surface area contributed by atoms with E-state index in [-0.39, 0.29) is 0 Å². The van der Waals surface area contributed by atoms with E-state index < -0.39 is 0 Å². The molecule has 110 valence electrons. The molecule has 0 saturated carbocycles. The molecule has 2 aromatic rings. The number of rotatable bonds is 3. The van der Waals surface area contributed by atoms with Crippen molar-refractivity contribution in [1.82, 2.24) is 24.7 Å². The van der Waals surface area contributed by atoms with Crippen molar-refractivity contribution in [3.8, 4) is 0 Å². The van der Waals surface area contributed by atoms with Gasteiger partial charge in [0.2, 0.25) is 0 Å². The van der Waals surface area contributed by atoms with E-state index in [0.717, 1.165) is 50.7 Å². The molecular formula is C14H18N6S. The third kappa shape index (κ3) is 2.75. The van der Waals surface area contributed by atoms with E-state index in [1.54, 1.807) is 0 Å². The van der Waals surface area contributed by atoms with Crippen LogP contribution < -0.4 is 4.90 Å². The van der Waals surface area contributed by atoms with Crippen LogP contribution in [0.2, 0.25) is 0 Å². The summed E-state index contributed by atoms with van der Waals surface area (Å²) in [4.78, 5) is 6.01. The van der Waals surface area contributed by atoms with Crippen molar-refractivity contribution in [2.24, 2.45) is 0 Å². The van der Waals surface area contributed by atoms with E-state index in [1.165, 1.54) is 34.8 Å². The van der Waals surface area contributed by atoms with Gasteiger partial charge in [0.1, 0.15) is 0 Å². The van der Waals surface area contributed by atoms with E-state index in [4.69, 9.17) is 0 Å². The molecule has 0 aromatic carbocycles. The zero-order chi connectivity index (χ0) is 14.1. The standard InChI is InChI=1S/C14H18N6S/c1-2-5-20(4-1)14-7-11-9-19(6-3-13(11)16-17-14)10-12-8-15-18-21-12/h7-8H,1-6,9-10H2. The van der Waals surface area contributed by atoms with Crippen LogP contribution in [-0.4, -0.2) is 44.3 Å². The van der Waals surface area contributed by atoms with Crippen LogP contribution in [0.25, 0.3) is 0 Å². The van der Waals surface area contributed by atoms with Gasteiger partial charge in [-0.3, -0.25) is 4.90 Å². The number of hydrogen-bond acceptors (Lipinski definition) is 7. The van der Waals surface area contributed by atoms with Gasteiger partial charge in [-0.05, 0) is 36.0 Å².